The third-order valence-corrected chi connectivity index (χ3v) is 8.81. The first kappa shape index (κ1) is 21.6. The van der Waals surface area contributed by atoms with E-state index in [1.54, 1.807) is 30.3 Å². The van der Waals surface area contributed by atoms with Crippen LogP contribution in [0.3, 0.4) is 0 Å². The number of ketones is 2. The average molecular weight is 465 g/mol. The highest BCUT2D eigenvalue weighted by Crippen LogP contribution is 2.42. The number of fused-ring (bicyclic) bond motifs is 1. The van der Waals surface area contributed by atoms with E-state index >= 15 is 0 Å². The minimum Gasteiger partial charge on any atom is -0.371 e. The van der Waals surface area contributed by atoms with Crippen molar-refractivity contribution >= 4 is 44.5 Å². The fraction of sp³-hybridized carbons (Fsp3) is 0.320. The summed E-state index contributed by atoms with van der Waals surface area (Å²) in [5, 5.41) is 0.548. The quantitative estimate of drug-likeness (QED) is 0.433. The zero-order valence-corrected chi connectivity index (χ0v) is 19.1. The summed E-state index contributed by atoms with van der Waals surface area (Å²) in [7, 11) is -3.87. The largest absolute Gasteiger partial charge is 0.371 e. The molecule has 170 valence electrons. The number of carbonyl (C=O) groups is 3. The number of nitrogens with zero attached hydrogens (tertiary/aromatic N) is 2. The number of benzene rings is 2. The van der Waals surface area contributed by atoms with Crippen molar-refractivity contribution in [2.24, 2.45) is 5.41 Å². The fourth-order valence-corrected chi connectivity index (χ4v) is 6.47. The minimum atomic E-state index is -3.87. The molecule has 3 aromatic rings. The van der Waals surface area contributed by atoms with Crippen LogP contribution in [0.5, 0.6) is 0 Å². The molecule has 2 fully saturated rings. The van der Waals surface area contributed by atoms with Gasteiger partial charge in [0, 0.05) is 48.8 Å². The minimum absolute atomic E-state index is 0.0595. The number of anilines is 1. The molecule has 8 heteroatoms. The summed E-state index contributed by atoms with van der Waals surface area (Å²) in [4.78, 5) is 38.7. The molecule has 0 N–H and O–H groups in total. The van der Waals surface area contributed by atoms with E-state index in [0.29, 0.717) is 56.0 Å². The van der Waals surface area contributed by atoms with E-state index in [4.69, 9.17) is 0 Å². The van der Waals surface area contributed by atoms with Gasteiger partial charge in [0.1, 0.15) is 11.6 Å². The van der Waals surface area contributed by atoms with Crippen LogP contribution in [0.1, 0.15) is 41.6 Å². The highest BCUT2D eigenvalue weighted by atomic mass is 32.2. The van der Waals surface area contributed by atoms with Crippen LogP contribution in [0.2, 0.25) is 0 Å². The molecule has 33 heavy (non-hydrogen) atoms. The Bertz CT molecular complexity index is 1380. The van der Waals surface area contributed by atoms with Crippen molar-refractivity contribution in [3.05, 3.63) is 59.8 Å². The molecule has 1 aromatic heterocycles. The third-order valence-electron chi connectivity index (χ3n) is 7.12. The van der Waals surface area contributed by atoms with Crippen LogP contribution in [-0.2, 0) is 19.6 Å². The number of hydrogen-bond acceptors (Lipinski definition) is 6. The maximum Gasteiger partial charge on any atom is 0.268 e. The second kappa shape index (κ2) is 7.66. The van der Waals surface area contributed by atoms with Crippen LogP contribution < -0.4 is 4.90 Å². The molecule has 0 radical (unpaired) electrons. The molecule has 0 atom stereocenters. The average Bonchev–Trinajstić information content (AvgIpc) is 3.33. The van der Waals surface area contributed by atoms with E-state index in [9.17, 15) is 22.8 Å². The van der Waals surface area contributed by atoms with E-state index in [1.165, 1.54) is 6.20 Å². The summed E-state index contributed by atoms with van der Waals surface area (Å²) in [5.74, 6) is 0.119. The van der Waals surface area contributed by atoms with Gasteiger partial charge in [-0.2, -0.15) is 0 Å². The topological polar surface area (TPSA) is 93.5 Å². The maximum absolute atomic E-state index is 13.3. The summed E-state index contributed by atoms with van der Waals surface area (Å²) in [5.41, 5.74) is 1.69. The number of aromatic nitrogens is 1. The molecule has 7 nitrogen and oxygen atoms in total. The van der Waals surface area contributed by atoms with Crippen molar-refractivity contribution in [3.63, 3.8) is 0 Å². The third kappa shape index (κ3) is 3.31. The molecule has 1 aliphatic heterocycles. The van der Waals surface area contributed by atoms with Gasteiger partial charge in [-0.1, -0.05) is 17.7 Å². The van der Waals surface area contributed by atoms with E-state index in [-0.39, 0.29) is 22.0 Å². The first-order chi connectivity index (χ1) is 15.8. The lowest BCUT2D eigenvalue weighted by Crippen LogP contribution is -2.45. The van der Waals surface area contributed by atoms with Gasteiger partial charge in [-0.3, -0.25) is 14.4 Å². The summed E-state index contributed by atoms with van der Waals surface area (Å²) in [6.45, 7) is 3.00. The molecule has 2 heterocycles. The SMILES string of the molecule is Cc1ccc(S(=O)(=O)n2cc(C=O)c3cc(N4CCC5(CC4)C(=O)CCC5=O)ccc32)cc1. The van der Waals surface area contributed by atoms with Crippen LogP contribution in [0.15, 0.2) is 53.6 Å². The number of aldehydes is 1. The van der Waals surface area contributed by atoms with Gasteiger partial charge in [0.15, 0.2) is 6.29 Å². The molecule has 1 saturated heterocycles. The molecular formula is C25H24N2O5S. The Morgan fingerprint density at radius 3 is 2.18 bits per heavy atom. The molecule has 0 unspecified atom stereocenters. The standard InChI is InChI=1S/C25H24N2O5S/c1-17-2-5-20(6-3-17)33(31,32)27-15-18(16-28)21-14-19(4-7-22(21)27)26-12-10-25(11-13-26)23(29)8-9-24(25)30/h2-7,14-16H,8-13H2,1H3. The van der Waals surface area contributed by atoms with Crippen molar-refractivity contribution in [1.82, 2.24) is 3.97 Å². The molecule has 2 aliphatic rings. The lowest BCUT2D eigenvalue weighted by Gasteiger charge is -2.38. The number of rotatable bonds is 4. The Kier molecular flexibility index (Phi) is 5.01. The fourth-order valence-electron chi connectivity index (χ4n) is 5.09. The van der Waals surface area contributed by atoms with Gasteiger partial charge in [0.05, 0.1) is 15.8 Å². The van der Waals surface area contributed by atoms with Crippen LogP contribution in [0, 0.1) is 12.3 Å². The summed E-state index contributed by atoms with van der Waals surface area (Å²) in [6, 6.07) is 11.9. The number of piperidine rings is 1. The van der Waals surface area contributed by atoms with Crippen LogP contribution in [-0.4, -0.2) is 43.3 Å². The van der Waals surface area contributed by atoms with Crippen molar-refractivity contribution in [3.8, 4) is 0 Å². The molecule has 2 aromatic carbocycles. The van der Waals surface area contributed by atoms with Gasteiger partial charge >= 0.3 is 0 Å². The maximum atomic E-state index is 13.3. The Morgan fingerprint density at radius 2 is 1.58 bits per heavy atom. The van der Waals surface area contributed by atoms with Crippen LogP contribution >= 0.6 is 0 Å². The normalized spacial score (nSPS) is 18.4. The lowest BCUT2D eigenvalue weighted by atomic mass is 9.75. The monoisotopic (exact) mass is 464 g/mol. The molecule has 1 aliphatic carbocycles. The molecule has 0 amide bonds. The van der Waals surface area contributed by atoms with Gasteiger partial charge in [-0.15, -0.1) is 0 Å². The molecule has 1 spiro atoms. The molecule has 0 bridgehead atoms. The van der Waals surface area contributed by atoms with Crippen molar-refractivity contribution in [1.29, 1.82) is 0 Å². The first-order valence-electron chi connectivity index (χ1n) is 11.0. The smallest absolute Gasteiger partial charge is 0.268 e. The Labute approximate surface area is 192 Å². The van der Waals surface area contributed by atoms with Crippen molar-refractivity contribution < 1.29 is 22.8 Å². The molecule has 1 saturated carbocycles. The van der Waals surface area contributed by atoms with Gasteiger partial charge in [-0.05, 0) is 50.1 Å². The van der Waals surface area contributed by atoms with E-state index in [1.807, 2.05) is 19.1 Å². The predicted octanol–water partition coefficient (Wildman–Crippen LogP) is 3.52. The zero-order chi connectivity index (χ0) is 23.4. The van der Waals surface area contributed by atoms with Gasteiger partial charge in [-0.25, -0.2) is 12.4 Å². The van der Waals surface area contributed by atoms with Crippen molar-refractivity contribution in [2.45, 2.75) is 37.5 Å². The number of hydrogen-bond donors (Lipinski definition) is 0. The van der Waals surface area contributed by atoms with Gasteiger partial charge in [0.2, 0.25) is 0 Å². The summed E-state index contributed by atoms with van der Waals surface area (Å²) >= 11 is 0. The highest BCUT2D eigenvalue weighted by Gasteiger charge is 2.50. The zero-order valence-electron chi connectivity index (χ0n) is 18.3. The van der Waals surface area contributed by atoms with E-state index in [0.717, 1.165) is 15.2 Å². The Hall–Kier alpha value is -3.26. The van der Waals surface area contributed by atoms with Crippen molar-refractivity contribution in [2.75, 3.05) is 18.0 Å². The van der Waals surface area contributed by atoms with Gasteiger partial charge < -0.3 is 4.90 Å². The first-order valence-corrected chi connectivity index (χ1v) is 12.4. The number of Topliss-reactive ketones (excluding diaryl/α,β-unsaturated/α-hetero) is 2. The molecule has 5 rings (SSSR count). The van der Waals surface area contributed by atoms with Crippen LogP contribution in [0.25, 0.3) is 10.9 Å². The summed E-state index contributed by atoms with van der Waals surface area (Å²) < 4.78 is 27.7. The summed E-state index contributed by atoms with van der Waals surface area (Å²) in [6.07, 6.45) is 3.69. The Morgan fingerprint density at radius 1 is 0.939 bits per heavy atom. The van der Waals surface area contributed by atoms with Crippen LogP contribution in [0.4, 0.5) is 5.69 Å². The molecular weight excluding hydrogens is 440 g/mol. The van der Waals surface area contributed by atoms with E-state index in [2.05, 4.69) is 4.90 Å². The predicted molar refractivity (Wildman–Crippen MR) is 124 cm³/mol. The number of aryl methyl sites for hydroxylation is 1. The Balaban J connectivity index is 1.49. The van der Waals surface area contributed by atoms with E-state index < -0.39 is 15.4 Å². The highest BCUT2D eigenvalue weighted by molar-refractivity contribution is 7.90. The second-order valence-electron chi connectivity index (χ2n) is 8.93. The van der Waals surface area contributed by atoms with Gasteiger partial charge in [0.25, 0.3) is 10.0 Å². The lowest BCUT2D eigenvalue weighted by molar-refractivity contribution is -0.136. The second-order valence-corrected chi connectivity index (χ2v) is 10.7. The number of carbonyl (C=O) groups excluding carboxylic acids is 3.